The van der Waals surface area contributed by atoms with Gasteiger partial charge >= 0.3 is 0 Å². The highest BCUT2D eigenvalue weighted by molar-refractivity contribution is 6.33. The summed E-state index contributed by atoms with van der Waals surface area (Å²) in [4.78, 5) is 12.0. The minimum Gasteiger partial charge on any atom is -0.381 e. The van der Waals surface area contributed by atoms with Crippen molar-refractivity contribution in [3.63, 3.8) is 0 Å². The number of pyridine rings is 2. The van der Waals surface area contributed by atoms with Crippen LogP contribution in [0.3, 0.4) is 0 Å². The van der Waals surface area contributed by atoms with Gasteiger partial charge in [-0.1, -0.05) is 37.4 Å². The molecule has 1 aliphatic heterocycles. The van der Waals surface area contributed by atoms with Crippen LogP contribution in [0.5, 0.6) is 0 Å². The van der Waals surface area contributed by atoms with Gasteiger partial charge in [-0.25, -0.2) is 9.97 Å². The summed E-state index contributed by atoms with van der Waals surface area (Å²) < 4.78 is 5.56. The van der Waals surface area contributed by atoms with E-state index in [-0.39, 0.29) is 5.41 Å². The Labute approximate surface area is 221 Å². The number of ether oxygens (including phenoxy) is 1. The van der Waals surface area contributed by atoms with E-state index in [4.69, 9.17) is 21.3 Å². The van der Waals surface area contributed by atoms with Crippen LogP contribution in [0.4, 0.5) is 11.6 Å². The van der Waals surface area contributed by atoms with Crippen molar-refractivity contribution in [2.75, 3.05) is 43.5 Å². The second-order valence-corrected chi connectivity index (χ2v) is 10.4. The predicted octanol–water partition coefficient (Wildman–Crippen LogP) is 6.09. The molecule has 4 rings (SSSR count). The Morgan fingerprint density at radius 1 is 1.11 bits per heavy atom. The van der Waals surface area contributed by atoms with Gasteiger partial charge in [0.05, 0.1) is 16.1 Å². The molecule has 0 amide bonds. The molecule has 36 heavy (non-hydrogen) atoms. The molecule has 2 aromatic rings. The molecule has 1 aliphatic carbocycles. The summed E-state index contributed by atoms with van der Waals surface area (Å²) in [5.74, 6) is 8.23. The third-order valence-electron chi connectivity index (χ3n) is 7.71. The van der Waals surface area contributed by atoms with Crippen molar-refractivity contribution >= 4 is 23.2 Å². The Balaban J connectivity index is 1.42. The fraction of sp³-hybridized carbons (Fsp3) is 0.586. The van der Waals surface area contributed by atoms with Crippen molar-refractivity contribution in [3.05, 3.63) is 35.5 Å². The van der Waals surface area contributed by atoms with E-state index in [9.17, 15) is 0 Å². The van der Waals surface area contributed by atoms with Gasteiger partial charge in [0.25, 0.3) is 0 Å². The number of nitrogens with zero attached hydrogens (tertiary/aromatic N) is 3. The normalized spacial score (nSPS) is 21.5. The molecule has 0 bridgehead atoms. The van der Waals surface area contributed by atoms with E-state index in [1.807, 2.05) is 31.2 Å². The van der Waals surface area contributed by atoms with Gasteiger partial charge < -0.3 is 20.3 Å². The summed E-state index contributed by atoms with van der Waals surface area (Å²) in [6.45, 7) is 10.9. The van der Waals surface area contributed by atoms with Gasteiger partial charge in [-0.05, 0) is 76.7 Å². The number of hydrogen-bond acceptors (Lipinski definition) is 6. The Morgan fingerprint density at radius 3 is 2.56 bits per heavy atom. The van der Waals surface area contributed by atoms with Crippen molar-refractivity contribution in [2.45, 2.75) is 71.4 Å². The summed E-state index contributed by atoms with van der Waals surface area (Å²) >= 11 is 6.59. The first-order valence-corrected chi connectivity index (χ1v) is 13.8. The standard InChI is InChI=1S/C29H40ClN5O/c1-4-14-29(15-17-36-18-16-29)21-32-27-9-7-8-26(34-27)24-19-28(31-20-25(24)30)33-22-10-12-23(13-11-22)35(5-2)6-3/h7-9,19-20,22-23H,5-6,10-13,15-18,21H2,1-3H3,(H,31,33)(H,32,34). The minimum absolute atomic E-state index is 0.0691. The van der Waals surface area contributed by atoms with E-state index in [0.717, 1.165) is 81.4 Å². The molecule has 194 valence electrons. The maximum Gasteiger partial charge on any atom is 0.126 e. The van der Waals surface area contributed by atoms with Crippen LogP contribution in [0.25, 0.3) is 11.3 Å². The molecule has 1 saturated carbocycles. The van der Waals surface area contributed by atoms with E-state index in [0.29, 0.717) is 17.1 Å². The summed E-state index contributed by atoms with van der Waals surface area (Å²) in [6, 6.07) is 9.20. The zero-order valence-corrected chi connectivity index (χ0v) is 22.7. The molecule has 0 spiro atoms. The lowest BCUT2D eigenvalue weighted by Gasteiger charge is -2.36. The number of halogens is 1. The maximum atomic E-state index is 6.59. The second kappa shape index (κ2) is 12.8. The average Bonchev–Trinajstić information content (AvgIpc) is 2.91. The van der Waals surface area contributed by atoms with E-state index in [1.165, 1.54) is 12.8 Å². The van der Waals surface area contributed by atoms with Crippen molar-refractivity contribution in [2.24, 2.45) is 5.41 Å². The molecule has 2 N–H and O–H groups in total. The number of aromatic nitrogens is 2. The third-order valence-corrected chi connectivity index (χ3v) is 8.01. The summed E-state index contributed by atoms with van der Waals surface area (Å²) in [5.41, 5.74) is 1.66. The van der Waals surface area contributed by atoms with Crippen LogP contribution >= 0.6 is 11.6 Å². The molecule has 6 nitrogen and oxygen atoms in total. The molecule has 7 heteroatoms. The maximum absolute atomic E-state index is 6.59. The summed E-state index contributed by atoms with van der Waals surface area (Å²) in [5, 5.41) is 7.79. The molecule has 0 atom stereocenters. The van der Waals surface area contributed by atoms with E-state index >= 15 is 0 Å². The highest BCUT2D eigenvalue weighted by Gasteiger charge is 2.30. The molecule has 2 aromatic heterocycles. The lowest BCUT2D eigenvalue weighted by Crippen LogP contribution is -2.40. The lowest BCUT2D eigenvalue weighted by atomic mass is 9.81. The van der Waals surface area contributed by atoms with Gasteiger partial charge in [0.1, 0.15) is 11.6 Å². The largest absolute Gasteiger partial charge is 0.381 e. The second-order valence-electron chi connectivity index (χ2n) is 9.95. The van der Waals surface area contributed by atoms with Crippen molar-refractivity contribution in [3.8, 4) is 23.1 Å². The van der Waals surface area contributed by atoms with Gasteiger partial charge in [0.2, 0.25) is 0 Å². The molecule has 2 aliphatic rings. The Kier molecular flexibility index (Phi) is 9.47. The molecule has 0 unspecified atom stereocenters. The third kappa shape index (κ3) is 6.70. The zero-order chi connectivity index (χ0) is 25.4. The van der Waals surface area contributed by atoms with Crippen molar-refractivity contribution < 1.29 is 4.74 Å². The highest BCUT2D eigenvalue weighted by atomic mass is 35.5. The quantitative estimate of drug-likeness (QED) is 0.398. The van der Waals surface area contributed by atoms with Gasteiger partial charge in [-0.3, -0.25) is 0 Å². The van der Waals surface area contributed by atoms with Gasteiger partial charge in [-0.2, -0.15) is 0 Å². The van der Waals surface area contributed by atoms with Crippen LogP contribution in [0.1, 0.15) is 59.3 Å². The molecule has 3 heterocycles. The van der Waals surface area contributed by atoms with Crippen LogP contribution in [0.15, 0.2) is 30.5 Å². The molecule has 0 radical (unpaired) electrons. The number of hydrogen-bond donors (Lipinski definition) is 2. The van der Waals surface area contributed by atoms with Crippen LogP contribution in [0, 0.1) is 17.3 Å². The Hall–Kier alpha value is -2.33. The lowest BCUT2D eigenvalue weighted by molar-refractivity contribution is 0.0464. The first-order chi connectivity index (χ1) is 17.6. The van der Waals surface area contributed by atoms with E-state index in [1.54, 1.807) is 6.20 Å². The Morgan fingerprint density at radius 2 is 1.86 bits per heavy atom. The highest BCUT2D eigenvalue weighted by Crippen LogP contribution is 2.32. The van der Waals surface area contributed by atoms with Gasteiger partial charge in [-0.15, -0.1) is 5.92 Å². The first-order valence-electron chi connectivity index (χ1n) is 13.4. The van der Waals surface area contributed by atoms with Gasteiger partial charge in [0.15, 0.2) is 0 Å². The minimum atomic E-state index is -0.0691. The number of anilines is 2. The van der Waals surface area contributed by atoms with Gasteiger partial charge in [0, 0.05) is 43.6 Å². The fourth-order valence-electron chi connectivity index (χ4n) is 5.56. The topological polar surface area (TPSA) is 62.3 Å². The number of nitrogens with one attached hydrogen (secondary N) is 2. The van der Waals surface area contributed by atoms with Crippen molar-refractivity contribution in [1.82, 2.24) is 14.9 Å². The summed E-state index contributed by atoms with van der Waals surface area (Å²) in [6.07, 6.45) is 8.37. The van der Waals surface area contributed by atoms with E-state index < -0.39 is 0 Å². The monoisotopic (exact) mass is 509 g/mol. The molecular formula is C29H40ClN5O. The smallest absolute Gasteiger partial charge is 0.126 e. The molecule has 1 saturated heterocycles. The molecular weight excluding hydrogens is 470 g/mol. The Bertz CT molecular complexity index is 1050. The fourth-order valence-corrected chi connectivity index (χ4v) is 5.76. The molecule has 0 aromatic carbocycles. The van der Waals surface area contributed by atoms with Crippen LogP contribution in [-0.4, -0.2) is 59.8 Å². The summed E-state index contributed by atoms with van der Waals surface area (Å²) in [7, 11) is 0. The van der Waals surface area contributed by atoms with E-state index in [2.05, 4.69) is 46.2 Å². The van der Waals surface area contributed by atoms with Crippen LogP contribution < -0.4 is 10.6 Å². The average molecular weight is 510 g/mol. The number of rotatable bonds is 9. The SMILES string of the molecule is CC#CC1(CNc2cccc(-c3cc(NC4CCC(N(CC)CC)CC4)ncc3Cl)n2)CCOCC1. The first kappa shape index (κ1) is 26.7. The zero-order valence-electron chi connectivity index (χ0n) is 21.9. The molecule has 2 fully saturated rings. The van der Waals surface area contributed by atoms with Crippen LogP contribution in [-0.2, 0) is 4.74 Å². The van der Waals surface area contributed by atoms with Crippen LogP contribution in [0.2, 0.25) is 5.02 Å². The van der Waals surface area contributed by atoms with Crippen molar-refractivity contribution in [1.29, 1.82) is 0 Å². The predicted molar refractivity (Wildman–Crippen MR) is 149 cm³/mol.